The van der Waals surface area contributed by atoms with E-state index in [-0.39, 0.29) is 24.1 Å². The highest BCUT2D eigenvalue weighted by atomic mass is 16.6. The highest BCUT2D eigenvalue weighted by Gasteiger charge is 2.22. The standard InChI is InChI=1S/C21H25N5O5/c22-21(29)16-8-11-24(12-9-16)10-7-15-1-3-17(4-2-15)23-19(27)14-25-13-18(26(30)31)5-6-20(25)28/h1-6,13,16H,7-12,14H2,(H2,22,29)(H,23,27). The third-order valence-electron chi connectivity index (χ3n) is 5.44. The summed E-state index contributed by atoms with van der Waals surface area (Å²) in [5.41, 5.74) is 6.31. The van der Waals surface area contributed by atoms with Gasteiger partial charge in [0.25, 0.3) is 11.2 Å². The number of nitro groups is 1. The summed E-state index contributed by atoms with van der Waals surface area (Å²) in [4.78, 5) is 47.8. The van der Waals surface area contributed by atoms with E-state index in [2.05, 4.69) is 10.2 Å². The number of amides is 2. The first kappa shape index (κ1) is 22.2. The van der Waals surface area contributed by atoms with Gasteiger partial charge in [-0.15, -0.1) is 0 Å². The summed E-state index contributed by atoms with van der Waals surface area (Å²) in [5, 5.41) is 13.5. The molecule has 164 valence electrons. The van der Waals surface area contributed by atoms with Crippen molar-refractivity contribution in [3.63, 3.8) is 0 Å². The van der Waals surface area contributed by atoms with Crippen LogP contribution < -0.4 is 16.6 Å². The molecule has 31 heavy (non-hydrogen) atoms. The molecule has 1 aromatic carbocycles. The van der Waals surface area contributed by atoms with Crippen LogP contribution in [0.15, 0.2) is 47.4 Å². The van der Waals surface area contributed by atoms with Crippen molar-refractivity contribution >= 4 is 23.2 Å². The maximum Gasteiger partial charge on any atom is 0.285 e. The molecule has 10 heteroatoms. The quantitative estimate of drug-likeness (QED) is 0.478. The summed E-state index contributed by atoms with van der Waals surface area (Å²) in [7, 11) is 0. The number of nitrogens with one attached hydrogen (secondary N) is 1. The molecule has 1 aromatic heterocycles. The Labute approximate surface area is 178 Å². The van der Waals surface area contributed by atoms with Crippen molar-refractivity contribution in [2.24, 2.45) is 11.7 Å². The van der Waals surface area contributed by atoms with E-state index in [9.17, 15) is 24.5 Å². The second-order valence-electron chi connectivity index (χ2n) is 7.62. The molecule has 0 unspecified atom stereocenters. The van der Waals surface area contributed by atoms with Crippen molar-refractivity contribution in [1.82, 2.24) is 9.47 Å². The third-order valence-corrected chi connectivity index (χ3v) is 5.44. The number of aromatic nitrogens is 1. The van der Waals surface area contributed by atoms with E-state index in [0.29, 0.717) is 5.69 Å². The van der Waals surface area contributed by atoms with E-state index in [1.165, 1.54) is 0 Å². The number of anilines is 1. The van der Waals surface area contributed by atoms with Crippen LogP contribution >= 0.6 is 0 Å². The molecule has 10 nitrogen and oxygen atoms in total. The maximum absolute atomic E-state index is 12.2. The number of carbonyl (C=O) groups excluding carboxylic acids is 2. The molecule has 1 fully saturated rings. The number of hydrogen-bond acceptors (Lipinski definition) is 6. The zero-order valence-electron chi connectivity index (χ0n) is 17.0. The van der Waals surface area contributed by atoms with Crippen molar-refractivity contribution in [3.8, 4) is 0 Å². The van der Waals surface area contributed by atoms with E-state index in [0.717, 1.165) is 67.4 Å². The average molecular weight is 427 g/mol. The van der Waals surface area contributed by atoms with Crippen LogP contribution in [0.2, 0.25) is 0 Å². The fraction of sp³-hybridized carbons (Fsp3) is 0.381. The topological polar surface area (TPSA) is 141 Å². The van der Waals surface area contributed by atoms with E-state index in [1.54, 1.807) is 12.1 Å². The lowest BCUT2D eigenvalue weighted by Crippen LogP contribution is -2.39. The summed E-state index contributed by atoms with van der Waals surface area (Å²) in [6, 6.07) is 9.58. The van der Waals surface area contributed by atoms with Crippen LogP contribution in [-0.2, 0) is 22.6 Å². The van der Waals surface area contributed by atoms with E-state index in [1.807, 2.05) is 12.1 Å². The predicted octanol–water partition coefficient (Wildman–Crippen LogP) is 1.13. The van der Waals surface area contributed by atoms with Crippen LogP contribution in [0.4, 0.5) is 11.4 Å². The first-order valence-electron chi connectivity index (χ1n) is 10.1. The molecule has 0 spiro atoms. The molecule has 0 bridgehead atoms. The average Bonchev–Trinajstić information content (AvgIpc) is 2.75. The highest BCUT2D eigenvalue weighted by molar-refractivity contribution is 5.90. The number of nitrogens with two attached hydrogens (primary N) is 1. The minimum atomic E-state index is -0.619. The van der Waals surface area contributed by atoms with Gasteiger partial charge in [0.15, 0.2) is 0 Å². The van der Waals surface area contributed by atoms with Crippen LogP contribution in [0, 0.1) is 16.0 Å². The van der Waals surface area contributed by atoms with Gasteiger partial charge in [-0.2, -0.15) is 0 Å². The van der Waals surface area contributed by atoms with Crippen LogP contribution in [0.25, 0.3) is 0 Å². The first-order chi connectivity index (χ1) is 14.8. The smallest absolute Gasteiger partial charge is 0.285 e. The summed E-state index contributed by atoms with van der Waals surface area (Å²) in [5.74, 6) is -0.683. The maximum atomic E-state index is 12.2. The zero-order chi connectivity index (χ0) is 22.4. The van der Waals surface area contributed by atoms with Gasteiger partial charge in [0, 0.05) is 30.3 Å². The number of primary amides is 1. The molecule has 0 saturated carbocycles. The summed E-state index contributed by atoms with van der Waals surface area (Å²) >= 11 is 0. The van der Waals surface area contributed by atoms with Crippen LogP contribution in [0.5, 0.6) is 0 Å². The fourth-order valence-electron chi connectivity index (χ4n) is 3.59. The molecule has 3 rings (SSSR count). The second kappa shape index (κ2) is 9.98. The molecule has 1 aliphatic heterocycles. The SMILES string of the molecule is NC(=O)C1CCN(CCc2ccc(NC(=O)Cn3cc([N+](=O)[O-])ccc3=O)cc2)CC1. The van der Waals surface area contributed by atoms with Gasteiger partial charge in [-0.05, 0) is 50.0 Å². The van der Waals surface area contributed by atoms with Gasteiger partial charge in [-0.25, -0.2) is 0 Å². The van der Waals surface area contributed by atoms with Crippen LogP contribution in [-0.4, -0.2) is 45.8 Å². The molecule has 3 N–H and O–H groups in total. The van der Waals surface area contributed by atoms with Crippen molar-refractivity contribution in [1.29, 1.82) is 0 Å². The monoisotopic (exact) mass is 427 g/mol. The number of likely N-dealkylation sites (tertiary alicyclic amines) is 1. The Morgan fingerprint density at radius 3 is 2.42 bits per heavy atom. The van der Waals surface area contributed by atoms with Gasteiger partial charge in [0.2, 0.25) is 11.8 Å². The van der Waals surface area contributed by atoms with Gasteiger partial charge < -0.3 is 16.0 Å². The Morgan fingerprint density at radius 1 is 1.13 bits per heavy atom. The van der Waals surface area contributed by atoms with Crippen LogP contribution in [0.3, 0.4) is 0 Å². The number of rotatable bonds is 8. The molecule has 0 atom stereocenters. The van der Waals surface area contributed by atoms with E-state index < -0.39 is 16.4 Å². The van der Waals surface area contributed by atoms with Gasteiger partial charge >= 0.3 is 0 Å². The van der Waals surface area contributed by atoms with E-state index in [4.69, 9.17) is 5.73 Å². The van der Waals surface area contributed by atoms with Crippen molar-refractivity contribution in [2.45, 2.75) is 25.8 Å². The van der Waals surface area contributed by atoms with Crippen molar-refractivity contribution in [3.05, 3.63) is 68.6 Å². The fourth-order valence-corrected chi connectivity index (χ4v) is 3.59. The Hall–Kier alpha value is -3.53. The molecule has 1 saturated heterocycles. The summed E-state index contributed by atoms with van der Waals surface area (Å²) < 4.78 is 1.00. The van der Waals surface area contributed by atoms with Gasteiger partial charge in [0.1, 0.15) is 6.54 Å². The summed E-state index contributed by atoms with van der Waals surface area (Å²) in [6.07, 6.45) is 3.50. The molecule has 2 aromatic rings. The molecule has 0 radical (unpaired) electrons. The first-order valence-corrected chi connectivity index (χ1v) is 10.1. The minimum Gasteiger partial charge on any atom is -0.369 e. The van der Waals surface area contributed by atoms with Crippen molar-refractivity contribution in [2.75, 3.05) is 25.0 Å². The lowest BCUT2D eigenvalue weighted by Gasteiger charge is -2.30. The molecular formula is C21H25N5O5. The number of piperidine rings is 1. The van der Waals surface area contributed by atoms with E-state index >= 15 is 0 Å². The Bertz CT molecular complexity index is 1010. The van der Waals surface area contributed by atoms with Crippen molar-refractivity contribution < 1.29 is 14.5 Å². The number of hydrogen-bond donors (Lipinski definition) is 2. The van der Waals surface area contributed by atoms with Crippen LogP contribution in [0.1, 0.15) is 18.4 Å². The Morgan fingerprint density at radius 2 is 1.81 bits per heavy atom. The normalized spacial score (nSPS) is 14.8. The molecular weight excluding hydrogens is 402 g/mol. The third kappa shape index (κ3) is 6.22. The molecule has 2 amide bonds. The number of nitrogens with zero attached hydrogens (tertiary/aromatic N) is 3. The number of benzene rings is 1. The predicted molar refractivity (Wildman–Crippen MR) is 114 cm³/mol. The Kier molecular flexibility index (Phi) is 7.14. The van der Waals surface area contributed by atoms with Gasteiger partial charge in [-0.3, -0.25) is 29.1 Å². The van der Waals surface area contributed by atoms with Gasteiger partial charge in [0.05, 0.1) is 11.1 Å². The molecule has 1 aliphatic rings. The lowest BCUT2D eigenvalue weighted by atomic mass is 9.96. The molecule has 0 aliphatic carbocycles. The molecule has 2 heterocycles. The summed E-state index contributed by atoms with van der Waals surface area (Å²) in [6.45, 7) is 2.29. The largest absolute Gasteiger partial charge is 0.369 e. The second-order valence-corrected chi connectivity index (χ2v) is 7.62. The number of pyridine rings is 1. The Balaban J connectivity index is 1.49. The lowest BCUT2D eigenvalue weighted by molar-refractivity contribution is -0.385. The zero-order valence-corrected chi connectivity index (χ0v) is 17.0. The number of carbonyl (C=O) groups is 2. The highest BCUT2D eigenvalue weighted by Crippen LogP contribution is 2.17. The van der Waals surface area contributed by atoms with Gasteiger partial charge in [-0.1, -0.05) is 12.1 Å². The minimum absolute atomic E-state index is 0.0166.